The SMILES string of the molecule is N#CC(=Cc1cn(Cc2ccc(Cl)c(Cl)c2)c2ccccc12)C(=O)NCC1CCCO1. The van der Waals surface area contributed by atoms with Crippen molar-refractivity contribution in [1.29, 1.82) is 5.26 Å². The minimum absolute atomic E-state index is 0.0250. The van der Waals surface area contributed by atoms with Crippen molar-refractivity contribution in [3.05, 3.63) is 75.4 Å². The quantitative estimate of drug-likeness (QED) is 0.411. The lowest BCUT2D eigenvalue weighted by molar-refractivity contribution is -0.117. The second-order valence-corrected chi connectivity index (χ2v) is 8.31. The molecule has 1 aliphatic heterocycles. The Balaban J connectivity index is 1.61. The van der Waals surface area contributed by atoms with Crippen LogP contribution in [0.3, 0.4) is 0 Å². The molecule has 5 nitrogen and oxygen atoms in total. The van der Waals surface area contributed by atoms with E-state index < -0.39 is 0 Å². The lowest BCUT2D eigenvalue weighted by Gasteiger charge is -2.10. The van der Waals surface area contributed by atoms with Crippen molar-refractivity contribution in [3.63, 3.8) is 0 Å². The Morgan fingerprint density at radius 1 is 1.26 bits per heavy atom. The fraction of sp³-hybridized carbons (Fsp3) is 0.250. The third-order valence-corrected chi connectivity index (χ3v) is 6.07. The molecule has 1 amide bonds. The molecule has 31 heavy (non-hydrogen) atoms. The molecule has 0 spiro atoms. The van der Waals surface area contributed by atoms with Crippen LogP contribution in [0, 0.1) is 11.3 Å². The van der Waals surface area contributed by atoms with E-state index in [0.717, 1.165) is 41.5 Å². The number of fused-ring (bicyclic) bond motifs is 1. The van der Waals surface area contributed by atoms with Gasteiger partial charge in [-0.05, 0) is 42.7 Å². The van der Waals surface area contributed by atoms with E-state index in [2.05, 4.69) is 9.88 Å². The standard InChI is InChI=1S/C24H21Cl2N3O2/c25-21-8-7-16(10-22(21)26)14-29-15-18(20-5-1-2-6-23(20)29)11-17(12-27)24(30)28-13-19-4-3-9-31-19/h1-2,5-8,10-11,15,19H,3-4,9,13-14H2,(H,28,30). The topological polar surface area (TPSA) is 67.0 Å². The summed E-state index contributed by atoms with van der Waals surface area (Å²) in [6.45, 7) is 1.72. The third-order valence-electron chi connectivity index (χ3n) is 5.34. The highest BCUT2D eigenvalue weighted by molar-refractivity contribution is 6.42. The number of para-hydroxylation sites is 1. The predicted octanol–water partition coefficient (Wildman–Crippen LogP) is 5.20. The summed E-state index contributed by atoms with van der Waals surface area (Å²) >= 11 is 12.2. The first-order valence-corrected chi connectivity index (χ1v) is 10.8. The summed E-state index contributed by atoms with van der Waals surface area (Å²) in [4.78, 5) is 12.5. The van der Waals surface area contributed by atoms with Crippen LogP contribution in [-0.2, 0) is 16.1 Å². The lowest BCUT2D eigenvalue weighted by Crippen LogP contribution is -2.32. The number of carbonyl (C=O) groups is 1. The Morgan fingerprint density at radius 3 is 2.84 bits per heavy atom. The Kier molecular flexibility index (Phi) is 6.62. The molecule has 1 atom stereocenters. The number of benzene rings is 2. The Hall–Kier alpha value is -2.78. The van der Waals surface area contributed by atoms with Crippen molar-refractivity contribution >= 4 is 46.1 Å². The van der Waals surface area contributed by atoms with Crippen molar-refractivity contribution in [2.45, 2.75) is 25.5 Å². The summed E-state index contributed by atoms with van der Waals surface area (Å²) in [7, 11) is 0. The van der Waals surface area contributed by atoms with Gasteiger partial charge in [-0.2, -0.15) is 5.26 Å². The van der Waals surface area contributed by atoms with Crippen LogP contribution in [0.5, 0.6) is 0 Å². The zero-order chi connectivity index (χ0) is 21.8. The Bertz CT molecular complexity index is 1190. The van der Waals surface area contributed by atoms with E-state index in [1.807, 2.05) is 48.7 Å². The van der Waals surface area contributed by atoms with Gasteiger partial charge in [0.2, 0.25) is 0 Å². The van der Waals surface area contributed by atoms with Crippen molar-refractivity contribution in [2.75, 3.05) is 13.2 Å². The number of hydrogen-bond donors (Lipinski definition) is 1. The number of nitrogens with one attached hydrogen (secondary N) is 1. The molecular formula is C24H21Cl2N3O2. The van der Waals surface area contributed by atoms with E-state index in [0.29, 0.717) is 23.1 Å². The van der Waals surface area contributed by atoms with E-state index in [4.69, 9.17) is 27.9 Å². The third kappa shape index (κ3) is 4.94. The number of ether oxygens (including phenoxy) is 1. The number of halogens is 2. The van der Waals surface area contributed by atoms with E-state index in [1.165, 1.54) is 0 Å². The first kappa shape index (κ1) is 21.5. The van der Waals surface area contributed by atoms with Crippen LogP contribution in [-0.4, -0.2) is 29.7 Å². The summed E-state index contributed by atoms with van der Waals surface area (Å²) < 4.78 is 7.60. The molecule has 1 N–H and O–H groups in total. The van der Waals surface area contributed by atoms with Gasteiger partial charge in [0.15, 0.2) is 0 Å². The van der Waals surface area contributed by atoms with Crippen LogP contribution in [0.1, 0.15) is 24.0 Å². The number of amides is 1. The van der Waals surface area contributed by atoms with E-state index in [1.54, 1.807) is 12.1 Å². The van der Waals surface area contributed by atoms with Gasteiger partial charge in [-0.1, -0.05) is 47.5 Å². The van der Waals surface area contributed by atoms with Gasteiger partial charge in [-0.15, -0.1) is 0 Å². The number of nitrogens with zero attached hydrogens (tertiary/aromatic N) is 2. The average Bonchev–Trinajstić information content (AvgIpc) is 3.41. The second-order valence-electron chi connectivity index (χ2n) is 7.49. The Labute approximate surface area is 190 Å². The molecule has 158 valence electrons. The van der Waals surface area contributed by atoms with Crippen LogP contribution in [0.25, 0.3) is 17.0 Å². The maximum atomic E-state index is 12.5. The van der Waals surface area contributed by atoms with Gasteiger partial charge in [-0.3, -0.25) is 4.79 Å². The lowest BCUT2D eigenvalue weighted by atomic mass is 10.1. The fourth-order valence-electron chi connectivity index (χ4n) is 3.77. The summed E-state index contributed by atoms with van der Waals surface area (Å²) in [5.74, 6) is -0.390. The molecule has 0 radical (unpaired) electrons. The predicted molar refractivity (Wildman–Crippen MR) is 123 cm³/mol. The summed E-state index contributed by atoms with van der Waals surface area (Å²) in [6, 6.07) is 15.5. The van der Waals surface area contributed by atoms with Gasteiger partial charge in [0, 0.05) is 42.4 Å². The first-order chi connectivity index (χ1) is 15.0. The molecule has 2 aromatic carbocycles. The maximum absolute atomic E-state index is 12.5. The van der Waals surface area contributed by atoms with Crippen LogP contribution >= 0.6 is 23.2 Å². The number of nitriles is 1. The maximum Gasteiger partial charge on any atom is 0.262 e. The number of hydrogen-bond acceptors (Lipinski definition) is 3. The first-order valence-electron chi connectivity index (χ1n) is 10.1. The van der Waals surface area contributed by atoms with Gasteiger partial charge >= 0.3 is 0 Å². The Morgan fingerprint density at radius 2 is 2.10 bits per heavy atom. The van der Waals surface area contributed by atoms with Crippen LogP contribution in [0.15, 0.2) is 54.2 Å². The highest BCUT2D eigenvalue weighted by atomic mass is 35.5. The molecule has 1 fully saturated rings. The normalized spacial score (nSPS) is 16.4. The molecule has 0 bridgehead atoms. The molecular weight excluding hydrogens is 433 g/mol. The molecule has 1 aliphatic rings. The number of aromatic nitrogens is 1. The largest absolute Gasteiger partial charge is 0.376 e. The molecule has 2 heterocycles. The van der Waals surface area contributed by atoms with Crippen molar-refractivity contribution in [2.24, 2.45) is 0 Å². The van der Waals surface area contributed by atoms with Gasteiger partial charge in [-0.25, -0.2) is 0 Å². The zero-order valence-corrected chi connectivity index (χ0v) is 18.3. The summed E-state index contributed by atoms with van der Waals surface area (Å²) in [5, 5.41) is 14.4. The van der Waals surface area contributed by atoms with Gasteiger partial charge in [0.25, 0.3) is 5.91 Å². The fourth-order valence-corrected chi connectivity index (χ4v) is 4.09. The highest BCUT2D eigenvalue weighted by Crippen LogP contribution is 2.27. The summed E-state index contributed by atoms with van der Waals surface area (Å²) in [6.07, 6.45) is 5.53. The smallest absolute Gasteiger partial charge is 0.262 e. The molecule has 1 aromatic heterocycles. The minimum Gasteiger partial charge on any atom is -0.376 e. The van der Waals surface area contributed by atoms with Gasteiger partial charge < -0.3 is 14.6 Å². The monoisotopic (exact) mass is 453 g/mol. The molecule has 1 saturated heterocycles. The van der Waals surface area contributed by atoms with Crippen molar-refractivity contribution < 1.29 is 9.53 Å². The van der Waals surface area contributed by atoms with E-state index in [9.17, 15) is 10.1 Å². The van der Waals surface area contributed by atoms with Crippen LogP contribution < -0.4 is 5.32 Å². The van der Waals surface area contributed by atoms with E-state index >= 15 is 0 Å². The minimum atomic E-state index is -0.390. The van der Waals surface area contributed by atoms with Crippen LogP contribution in [0.2, 0.25) is 10.0 Å². The van der Waals surface area contributed by atoms with Crippen LogP contribution in [0.4, 0.5) is 0 Å². The molecule has 4 rings (SSSR count). The molecule has 0 saturated carbocycles. The van der Waals surface area contributed by atoms with Gasteiger partial charge in [0.05, 0.1) is 16.1 Å². The molecule has 7 heteroatoms. The zero-order valence-electron chi connectivity index (χ0n) is 16.8. The van der Waals surface area contributed by atoms with Gasteiger partial charge in [0.1, 0.15) is 11.6 Å². The molecule has 1 unspecified atom stereocenters. The summed E-state index contributed by atoms with van der Waals surface area (Å²) in [5.41, 5.74) is 2.87. The second kappa shape index (κ2) is 9.57. The van der Waals surface area contributed by atoms with E-state index in [-0.39, 0.29) is 17.6 Å². The average molecular weight is 454 g/mol. The number of rotatable bonds is 6. The highest BCUT2D eigenvalue weighted by Gasteiger charge is 2.18. The molecule has 0 aliphatic carbocycles. The molecule has 3 aromatic rings. The van der Waals surface area contributed by atoms with Crippen molar-refractivity contribution in [1.82, 2.24) is 9.88 Å². The number of carbonyl (C=O) groups excluding carboxylic acids is 1. The van der Waals surface area contributed by atoms with Crippen molar-refractivity contribution in [3.8, 4) is 6.07 Å².